The Hall–Kier alpha value is -4.67. The van der Waals surface area contributed by atoms with Crippen molar-refractivity contribution >= 4 is 38.6 Å². The Morgan fingerprint density at radius 2 is 1.54 bits per heavy atom. The molecule has 3 N–H and O–H groups in total. The van der Waals surface area contributed by atoms with Gasteiger partial charge in [0.25, 0.3) is 5.91 Å². The summed E-state index contributed by atoms with van der Waals surface area (Å²) in [7, 11) is -4.02. The van der Waals surface area contributed by atoms with Gasteiger partial charge >= 0.3 is 5.97 Å². The molecule has 41 heavy (non-hydrogen) atoms. The van der Waals surface area contributed by atoms with Crippen LogP contribution in [0.4, 0.5) is 5.69 Å². The molecule has 0 radical (unpaired) electrons. The van der Waals surface area contributed by atoms with Gasteiger partial charge in [-0.15, -0.1) is 0 Å². The van der Waals surface area contributed by atoms with Gasteiger partial charge < -0.3 is 19.3 Å². The number of nitrogens with one attached hydrogen (secondary N) is 2. The minimum Gasteiger partial charge on any atom is -0.480 e. The van der Waals surface area contributed by atoms with Gasteiger partial charge in [-0.05, 0) is 65.9 Å². The Bertz CT molecular complexity index is 1820. The van der Waals surface area contributed by atoms with Crippen molar-refractivity contribution in [3.05, 3.63) is 96.6 Å². The molecule has 1 unspecified atom stereocenters. The number of carboxylic acid groups (broad SMARTS) is 1. The molecule has 1 amide bonds. The van der Waals surface area contributed by atoms with Crippen molar-refractivity contribution in [3.63, 3.8) is 0 Å². The maximum atomic E-state index is 13.1. The van der Waals surface area contributed by atoms with Gasteiger partial charge in [0.05, 0.1) is 17.4 Å². The second-order valence-corrected chi connectivity index (χ2v) is 11.7. The number of anilines is 1. The molecule has 2 heterocycles. The Morgan fingerprint density at radius 1 is 0.878 bits per heavy atom. The fraction of sp³-hybridized carbons (Fsp3) is 0.161. The third-order valence-corrected chi connectivity index (χ3v) is 8.30. The van der Waals surface area contributed by atoms with Gasteiger partial charge in [0.1, 0.15) is 11.6 Å². The summed E-state index contributed by atoms with van der Waals surface area (Å²) in [5, 5.41) is 13.0. The number of sulfonamides is 1. The molecule has 5 aromatic rings. The van der Waals surface area contributed by atoms with Gasteiger partial charge in [-0.2, -0.15) is 4.72 Å². The molecule has 0 fully saturated rings. The monoisotopic (exact) mass is 572 g/mol. The van der Waals surface area contributed by atoms with Crippen molar-refractivity contribution in [1.29, 1.82) is 0 Å². The molecule has 2 aromatic heterocycles. The molecule has 0 aliphatic carbocycles. The quantitative estimate of drug-likeness (QED) is 0.188. The highest BCUT2D eigenvalue weighted by atomic mass is 32.2. The molecular formula is C31H28N2O7S. The summed E-state index contributed by atoms with van der Waals surface area (Å²) in [6, 6.07) is 19.5. The van der Waals surface area contributed by atoms with Gasteiger partial charge in [0.2, 0.25) is 10.0 Å². The number of amides is 1. The lowest BCUT2D eigenvalue weighted by atomic mass is 10.0. The molecule has 0 saturated heterocycles. The van der Waals surface area contributed by atoms with E-state index in [-0.39, 0.29) is 16.6 Å². The average Bonchev–Trinajstić information content (AvgIpc) is 3.60. The van der Waals surface area contributed by atoms with E-state index in [0.717, 1.165) is 33.2 Å². The predicted molar refractivity (Wildman–Crippen MR) is 155 cm³/mol. The topological polar surface area (TPSA) is 139 Å². The number of carbonyl (C=O) groups is 2. The van der Waals surface area contributed by atoms with E-state index >= 15 is 0 Å². The van der Waals surface area contributed by atoms with Crippen molar-refractivity contribution in [2.24, 2.45) is 5.92 Å². The van der Waals surface area contributed by atoms with Crippen LogP contribution in [-0.4, -0.2) is 31.4 Å². The third kappa shape index (κ3) is 5.65. The van der Waals surface area contributed by atoms with Crippen molar-refractivity contribution in [2.75, 3.05) is 5.32 Å². The van der Waals surface area contributed by atoms with E-state index in [1.807, 2.05) is 31.2 Å². The summed E-state index contributed by atoms with van der Waals surface area (Å²) in [6.45, 7) is 5.11. The highest BCUT2D eigenvalue weighted by Crippen LogP contribution is 2.35. The minimum atomic E-state index is -4.02. The number of fused-ring (bicyclic) bond motifs is 1. The molecule has 0 aliphatic heterocycles. The lowest BCUT2D eigenvalue weighted by Crippen LogP contribution is -2.44. The number of aliphatic carboxylic acids is 1. The number of rotatable bonds is 9. The normalized spacial score (nSPS) is 12.5. The predicted octanol–water partition coefficient (Wildman–Crippen LogP) is 6.31. The zero-order valence-corrected chi connectivity index (χ0v) is 23.4. The average molecular weight is 573 g/mol. The largest absolute Gasteiger partial charge is 0.480 e. The first-order chi connectivity index (χ1) is 19.5. The fourth-order valence-electron chi connectivity index (χ4n) is 4.65. The first-order valence-electron chi connectivity index (χ1n) is 12.9. The number of hydrogen-bond acceptors (Lipinski definition) is 6. The lowest BCUT2D eigenvalue weighted by molar-refractivity contribution is -0.140. The van der Waals surface area contributed by atoms with Crippen molar-refractivity contribution < 1.29 is 31.9 Å². The van der Waals surface area contributed by atoms with E-state index in [2.05, 4.69) is 10.0 Å². The third-order valence-electron chi connectivity index (χ3n) is 6.85. The lowest BCUT2D eigenvalue weighted by Gasteiger charge is -2.18. The van der Waals surface area contributed by atoms with Crippen LogP contribution in [0.15, 0.2) is 99.1 Å². The van der Waals surface area contributed by atoms with E-state index < -0.39 is 28.0 Å². The van der Waals surface area contributed by atoms with Crippen molar-refractivity contribution in [2.45, 2.75) is 31.7 Å². The number of carbonyl (C=O) groups excluding carboxylic acids is 1. The molecule has 0 spiro atoms. The summed E-state index contributed by atoms with van der Waals surface area (Å²) < 4.78 is 38.8. The maximum Gasteiger partial charge on any atom is 0.322 e. The van der Waals surface area contributed by atoms with E-state index in [0.29, 0.717) is 11.3 Å². The van der Waals surface area contributed by atoms with Gasteiger partial charge in [-0.3, -0.25) is 9.59 Å². The molecule has 210 valence electrons. The van der Waals surface area contributed by atoms with E-state index in [1.54, 1.807) is 62.8 Å². The van der Waals surface area contributed by atoms with Crippen LogP contribution >= 0.6 is 0 Å². The highest BCUT2D eigenvalue weighted by Gasteiger charge is 2.28. The number of benzene rings is 3. The SMILES string of the molecule is Cc1c(C(=O)Nc2ccc(-c3ccc(S(=O)(=O)NC(C(=O)O)C(C)C)cc3)cc2)oc2cccc(-c3ccoc3)c12. The van der Waals surface area contributed by atoms with Crippen LogP contribution < -0.4 is 10.0 Å². The number of aryl methyl sites for hydroxylation is 1. The van der Waals surface area contributed by atoms with Crippen molar-refractivity contribution in [3.8, 4) is 22.3 Å². The number of carboxylic acids is 1. The van der Waals surface area contributed by atoms with E-state index in [9.17, 15) is 23.1 Å². The minimum absolute atomic E-state index is 0.0332. The van der Waals surface area contributed by atoms with Gasteiger partial charge in [-0.25, -0.2) is 8.42 Å². The van der Waals surface area contributed by atoms with Crippen LogP contribution in [-0.2, 0) is 14.8 Å². The molecule has 9 nitrogen and oxygen atoms in total. The maximum absolute atomic E-state index is 13.1. The standard InChI is InChI=1S/C31H28N2O7S/c1-18(2)28(31(35)36)33-41(37,38)24-13-9-21(10-14-24)20-7-11-23(12-8-20)32-30(34)29-19(3)27-25(22-15-16-39-17-22)5-4-6-26(27)40-29/h4-18,28,33H,1-3H3,(H,32,34)(H,35,36). The zero-order chi connectivity index (χ0) is 29.3. The Kier molecular flexibility index (Phi) is 7.53. The Labute approximate surface area is 236 Å². The molecule has 0 saturated carbocycles. The summed E-state index contributed by atoms with van der Waals surface area (Å²) in [5.41, 5.74) is 5.24. The van der Waals surface area contributed by atoms with Crippen LogP contribution in [0.3, 0.4) is 0 Å². The van der Waals surface area contributed by atoms with Gasteiger partial charge in [0.15, 0.2) is 5.76 Å². The first kappa shape index (κ1) is 27.9. The molecular weight excluding hydrogens is 544 g/mol. The summed E-state index contributed by atoms with van der Waals surface area (Å²) in [5.74, 6) is -1.82. The highest BCUT2D eigenvalue weighted by molar-refractivity contribution is 7.89. The van der Waals surface area contributed by atoms with Gasteiger partial charge in [-0.1, -0.05) is 50.2 Å². The second kappa shape index (κ2) is 11.1. The summed E-state index contributed by atoms with van der Waals surface area (Å²) in [6.07, 6.45) is 3.24. The molecule has 10 heteroatoms. The smallest absolute Gasteiger partial charge is 0.322 e. The van der Waals surface area contributed by atoms with Crippen LogP contribution in [0.25, 0.3) is 33.2 Å². The van der Waals surface area contributed by atoms with Crippen LogP contribution in [0, 0.1) is 12.8 Å². The molecule has 3 aromatic carbocycles. The second-order valence-electron chi connectivity index (χ2n) is 9.98. The van der Waals surface area contributed by atoms with Crippen LogP contribution in [0.2, 0.25) is 0 Å². The van der Waals surface area contributed by atoms with E-state index in [1.165, 1.54) is 12.1 Å². The van der Waals surface area contributed by atoms with Crippen LogP contribution in [0.5, 0.6) is 0 Å². The van der Waals surface area contributed by atoms with Crippen molar-refractivity contribution in [1.82, 2.24) is 4.72 Å². The van der Waals surface area contributed by atoms with Crippen LogP contribution in [0.1, 0.15) is 30.0 Å². The molecule has 5 rings (SSSR count). The first-order valence-corrected chi connectivity index (χ1v) is 14.3. The Morgan fingerprint density at radius 3 is 2.12 bits per heavy atom. The Balaban J connectivity index is 1.31. The number of hydrogen-bond donors (Lipinski definition) is 3. The van der Waals surface area contributed by atoms with Gasteiger partial charge in [0, 0.05) is 22.2 Å². The van der Waals surface area contributed by atoms with E-state index in [4.69, 9.17) is 8.83 Å². The molecule has 0 bridgehead atoms. The summed E-state index contributed by atoms with van der Waals surface area (Å²) in [4.78, 5) is 24.5. The number of furan rings is 2. The molecule has 0 aliphatic rings. The fourth-order valence-corrected chi connectivity index (χ4v) is 5.98. The molecule has 1 atom stereocenters. The summed E-state index contributed by atoms with van der Waals surface area (Å²) >= 11 is 0. The zero-order valence-electron chi connectivity index (χ0n) is 22.5.